The zero-order valence-corrected chi connectivity index (χ0v) is 15.0. The number of carbonyl (C=O) groups is 1. The van der Waals surface area contributed by atoms with Crippen LogP contribution in [0.25, 0.3) is 0 Å². The lowest BCUT2D eigenvalue weighted by atomic mass is 10.1. The predicted octanol–water partition coefficient (Wildman–Crippen LogP) is -0.644. The fraction of sp³-hybridized carbons (Fsp3) is 0.529. The van der Waals surface area contributed by atoms with E-state index in [1.807, 2.05) is 0 Å². The lowest BCUT2D eigenvalue weighted by Crippen LogP contribution is -2.33. The van der Waals surface area contributed by atoms with Crippen LogP contribution in [0, 0.1) is 6.92 Å². The highest BCUT2D eigenvalue weighted by Crippen LogP contribution is 2.30. The minimum absolute atomic E-state index is 0.134. The molecule has 146 valence electrons. The van der Waals surface area contributed by atoms with Crippen molar-refractivity contribution in [2.24, 2.45) is 0 Å². The van der Waals surface area contributed by atoms with Gasteiger partial charge in [-0.15, -0.1) is 0 Å². The molecule has 1 amide bonds. The van der Waals surface area contributed by atoms with Crippen molar-refractivity contribution >= 4 is 5.91 Å². The molecule has 0 aromatic carbocycles. The molecule has 0 aliphatic carbocycles. The van der Waals surface area contributed by atoms with Gasteiger partial charge in [0.05, 0.1) is 18.5 Å². The highest BCUT2D eigenvalue weighted by molar-refractivity contribution is 5.75. The Labute approximate surface area is 154 Å². The predicted molar refractivity (Wildman–Crippen MR) is 95.1 cm³/mol. The number of nitrogens with zero attached hydrogens (tertiary/aromatic N) is 2. The molecule has 1 aliphatic heterocycles. The molecule has 10 nitrogen and oxygen atoms in total. The molecule has 0 radical (unpaired) electrons. The van der Waals surface area contributed by atoms with Gasteiger partial charge in [-0.2, -0.15) is 0 Å². The molecule has 2 aromatic heterocycles. The molecule has 1 saturated heterocycles. The highest BCUT2D eigenvalue weighted by atomic mass is 16.5. The third kappa shape index (κ3) is 4.72. The van der Waals surface area contributed by atoms with Gasteiger partial charge in [-0.1, -0.05) is 0 Å². The molecule has 10 heteroatoms. The van der Waals surface area contributed by atoms with Crippen LogP contribution in [0.2, 0.25) is 0 Å². The summed E-state index contributed by atoms with van der Waals surface area (Å²) in [6.07, 6.45) is 4.13. The maximum atomic E-state index is 12.0. The quantitative estimate of drug-likeness (QED) is 0.505. The topological polar surface area (TPSA) is 142 Å². The molecule has 3 atom stereocenters. The summed E-state index contributed by atoms with van der Waals surface area (Å²) in [5, 5.41) is 13.0. The maximum absolute atomic E-state index is 12.0. The summed E-state index contributed by atoms with van der Waals surface area (Å²) in [5.74, 6) is -0.134. The van der Waals surface area contributed by atoms with E-state index in [9.17, 15) is 19.5 Å². The van der Waals surface area contributed by atoms with E-state index < -0.39 is 29.7 Å². The molecular weight excluding hydrogens is 354 g/mol. The molecular formula is C17H23N5O5. The molecule has 0 spiro atoms. The van der Waals surface area contributed by atoms with Gasteiger partial charge in [0.25, 0.3) is 5.56 Å². The number of aromatic nitrogens is 4. The smallest absolute Gasteiger partial charge is 0.330 e. The van der Waals surface area contributed by atoms with Gasteiger partial charge >= 0.3 is 5.69 Å². The average Bonchev–Trinajstić information content (AvgIpc) is 3.26. The van der Waals surface area contributed by atoms with E-state index in [4.69, 9.17) is 4.74 Å². The third-order valence-electron chi connectivity index (χ3n) is 4.59. The number of rotatable bonds is 7. The van der Waals surface area contributed by atoms with Crippen LogP contribution in [0.5, 0.6) is 0 Å². The normalized spacial score (nSPS) is 22.1. The Kier molecular flexibility index (Phi) is 5.87. The lowest BCUT2D eigenvalue weighted by Gasteiger charge is -2.16. The first kappa shape index (κ1) is 19.1. The second-order valence-corrected chi connectivity index (χ2v) is 6.63. The van der Waals surface area contributed by atoms with Gasteiger partial charge in [-0.05, 0) is 13.3 Å². The van der Waals surface area contributed by atoms with Crippen molar-refractivity contribution in [2.45, 2.75) is 51.0 Å². The van der Waals surface area contributed by atoms with E-state index >= 15 is 0 Å². The van der Waals surface area contributed by atoms with Crippen LogP contribution in [0.15, 0.2) is 28.3 Å². The van der Waals surface area contributed by atoms with Crippen LogP contribution in [0.1, 0.15) is 36.7 Å². The fourth-order valence-corrected chi connectivity index (χ4v) is 3.07. The number of H-pyrrole nitrogens is 2. The van der Waals surface area contributed by atoms with Crippen LogP contribution >= 0.6 is 0 Å². The van der Waals surface area contributed by atoms with Crippen LogP contribution in [-0.2, 0) is 16.0 Å². The second-order valence-electron chi connectivity index (χ2n) is 6.63. The first-order valence-electron chi connectivity index (χ1n) is 8.83. The summed E-state index contributed by atoms with van der Waals surface area (Å²) >= 11 is 0. The lowest BCUT2D eigenvalue weighted by molar-refractivity contribution is -0.122. The number of nitrogens with one attached hydrogen (secondary N) is 3. The Morgan fingerprint density at radius 2 is 2.30 bits per heavy atom. The van der Waals surface area contributed by atoms with E-state index in [2.05, 4.69) is 20.3 Å². The number of amides is 1. The number of carbonyl (C=O) groups excluding carboxylic acids is 1. The average molecular weight is 377 g/mol. The van der Waals surface area contributed by atoms with Gasteiger partial charge < -0.3 is 20.1 Å². The zero-order chi connectivity index (χ0) is 19.4. The molecule has 1 aliphatic rings. The number of ether oxygens (including phenoxy) is 1. The molecule has 0 saturated carbocycles. The van der Waals surface area contributed by atoms with Crippen molar-refractivity contribution in [1.29, 1.82) is 0 Å². The van der Waals surface area contributed by atoms with Crippen LogP contribution < -0.4 is 16.6 Å². The van der Waals surface area contributed by atoms with Crippen molar-refractivity contribution in [3.05, 3.63) is 50.8 Å². The number of aryl methyl sites for hydroxylation is 1. The Morgan fingerprint density at radius 1 is 1.48 bits per heavy atom. The van der Waals surface area contributed by atoms with Crippen LogP contribution in [0.4, 0.5) is 0 Å². The number of hydrogen-bond acceptors (Lipinski definition) is 6. The Bertz CT molecular complexity index is 888. The minimum atomic E-state index is -0.785. The van der Waals surface area contributed by atoms with Gasteiger partial charge in [0.2, 0.25) is 5.91 Å². The number of aliphatic hydroxyl groups is 1. The largest absolute Gasteiger partial charge is 0.390 e. The zero-order valence-electron chi connectivity index (χ0n) is 15.0. The van der Waals surface area contributed by atoms with Gasteiger partial charge in [0.1, 0.15) is 6.23 Å². The van der Waals surface area contributed by atoms with Crippen LogP contribution in [-0.4, -0.2) is 49.3 Å². The molecule has 0 unspecified atom stereocenters. The van der Waals surface area contributed by atoms with Gasteiger partial charge in [-0.3, -0.25) is 19.1 Å². The highest BCUT2D eigenvalue weighted by Gasteiger charge is 2.35. The van der Waals surface area contributed by atoms with Crippen molar-refractivity contribution in [3.8, 4) is 0 Å². The Hall–Kier alpha value is -2.72. The number of imidazole rings is 1. The SMILES string of the molecule is Cc1cn([C@H]2C[C@H](O)[C@@H](CCC(=O)NCCc3cnc[nH]3)O2)c(=O)[nH]c1=O. The summed E-state index contributed by atoms with van der Waals surface area (Å²) in [4.78, 5) is 44.5. The summed E-state index contributed by atoms with van der Waals surface area (Å²) < 4.78 is 7.02. The van der Waals surface area contributed by atoms with E-state index in [1.54, 1.807) is 19.4 Å². The van der Waals surface area contributed by atoms with E-state index in [-0.39, 0.29) is 18.7 Å². The molecule has 0 bridgehead atoms. The molecule has 2 aromatic rings. The summed E-state index contributed by atoms with van der Waals surface area (Å²) in [6.45, 7) is 2.08. The van der Waals surface area contributed by atoms with Crippen molar-refractivity contribution in [3.63, 3.8) is 0 Å². The first-order chi connectivity index (χ1) is 12.9. The van der Waals surface area contributed by atoms with E-state index in [1.165, 1.54) is 10.8 Å². The van der Waals surface area contributed by atoms with Crippen molar-refractivity contribution in [1.82, 2.24) is 24.8 Å². The number of aromatic amines is 2. The molecule has 4 N–H and O–H groups in total. The molecule has 1 fully saturated rings. The van der Waals surface area contributed by atoms with Gasteiger partial charge in [0.15, 0.2) is 0 Å². The number of hydrogen-bond donors (Lipinski definition) is 4. The summed E-state index contributed by atoms with van der Waals surface area (Å²) in [7, 11) is 0. The van der Waals surface area contributed by atoms with E-state index in [0.29, 0.717) is 24.9 Å². The molecule has 3 rings (SSSR count). The van der Waals surface area contributed by atoms with Gasteiger partial charge in [0, 0.05) is 49.5 Å². The Morgan fingerprint density at radius 3 is 3.04 bits per heavy atom. The molecule has 3 heterocycles. The third-order valence-corrected chi connectivity index (χ3v) is 4.59. The van der Waals surface area contributed by atoms with Crippen molar-refractivity contribution < 1.29 is 14.6 Å². The number of aliphatic hydroxyl groups excluding tert-OH is 1. The summed E-state index contributed by atoms with van der Waals surface area (Å²) in [6, 6.07) is 0. The van der Waals surface area contributed by atoms with Gasteiger partial charge in [-0.25, -0.2) is 9.78 Å². The second kappa shape index (κ2) is 8.31. The van der Waals surface area contributed by atoms with Crippen LogP contribution in [0.3, 0.4) is 0 Å². The Balaban J connectivity index is 1.48. The summed E-state index contributed by atoms with van der Waals surface area (Å²) in [5.41, 5.74) is 0.292. The fourth-order valence-electron chi connectivity index (χ4n) is 3.07. The first-order valence-corrected chi connectivity index (χ1v) is 8.83. The maximum Gasteiger partial charge on any atom is 0.330 e. The molecule has 27 heavy (non-hydrogen) atoms. The van der Waals surface area contributed by atoms with E-state index in [0.717, 1.165) is 5.69 Å². The van der Waals surface area contributed by atoms with Crippen molar-refractivity contribution in [2.75, 3.05) is 6.54 Å². The monoisotopic (exact) mass is 377 g/mol. The standard InChI is InChI=1S/C17H23N5O5/c1-10-8-22(17(26)21-16(10)25)15-6-12(23)13(27-15)2-3-14(24)19-5-4-11-7-18-9-20-11/h7-9,12-13,15,23H,2-6H2,1H3,(H,18,20)(H,19,24)(H,21,25,26)/t12-,13+,15+/m0/s1. The minimum Gasteiger partial charge on any atom is -0.390 e.